The molecule has 0 aliphatic carbocycles. The summed E-state index contributed by atoms with van der Waals surface area (Å²) in [4.78, 5) is 12.5. The van der Waals surface area contributed by atoms with E-state index in [0.29, 0.717) is 16.5 Å². The van der Waals surface area contributed by atoms with Crippen LogP contribution in [0.1, 0.15) is 36.2 Å². The molecular weight excluding hydrogens is 400 g/mol. The highest BCUT2D eigenvalue weighted by Crippen LogP contribution is 2.27. The molecule has 3 aromatic rings. The Labute approximate surface area is 181 Å². The number of ether oxygens (including phenoxy) is 1. The Bertz CT molecular complexity index is 1050. The summed E-state index contributed by atoms with van der Waals surface area (Å²) >= 11 is 6.06. The number of rotatable bonds is 5. The average Bonchev–Trinajstić information content (AvgIpc) is 2.96. The first-order chi connectivity index (χ1) is 14.5. The molecule has 0 saturated heterocycles. The lowest BCUT2D eigenvalue weighted by Crippen LogP contribution is -2.20. The number of nitrogens with one attached hydrogen (secondary N) is 1. The number of carbonyl (C=O) groups excluding carboxylic acids is 1. The van der Waals surface area contributed by atoms with Crippen LogP contribution in [0.2, 0.25) is 5.02 Å². The van der Waals surface area contributed by atoms with Crippen molar-refractivity contribution >= 4 is 23.2 Å². The normalized spacial score (nSPS) is 13.4. The Morgan fingerprint density at radius 3 is 2.73 bits per heavy atom. The first-order valence-electron chi connectivity index (χ1n) is 10.2. The lowest BCUT2D eigenvalue weighted by molar-refractivity contribution is -0.118. The monoisotopic (exact) mass is 424 g/mol. The van der Waals surface area contributed by atoms with Gasteiger partial charge in [-0.25, -0.2) is 0 Å². The molecule has 0 fully saturated rings. The van der Waals surface area contributed by atoms with Gasteiger partial charge in [0.25, 0.3) is 5.91 Å². The topological polar surface area (TPSA) is 69.0 Å². The molecule has 1 aromatic heterocycles. The van der Waals surface area contributed by atoms with Crippen LogP contribution < -0.4 is 10.1 Å². The van der Waals surface area contributed by atoms with Gasteiger partial charge in [0, 0.05) is 29.2 Å². The van der Waals surface area contributed by atoms with Crippen LogP contribution in [-0.2, 0) is 17.8 Å². The molecule has 156 valence electrons. The molecule has 1 amide bonds. The average molecular weight is 425 g/mol. The van der Waals surface area contributed by atoms with Crippen LogP contribution in [0, 0.1) is 13.8 Å². The SMILES string of the molecule is Cc1cc(Cl)cc(C)c1OCC(=O)Nc1cccc(-c2nnc3n2CCCCC3)c1. The van der Waals surface area contributed by atoms with Gasteiger partial charge in [0.05, 0.1) is 0 Å². The standard InChI is InChI=1S/C23H25ClN4O2/c1-15-11-18(24)12-16(2)22(15)30-14-21(29)25-19-8-6-7-17(13-19)23-27-26-20-9-4-3-5-10-28(20)23/h6-8,11-13H,3-5,9-10,14H2,1-2H3,(H,25,29). The summed E-state index contributed by atoms with van der Waals surface area (Å²) in [5.74, 6) is 2.36. The van der Waals surface area contributed by atoms with Gasteiger partial charge in [0.15, 0.2) is 12.4 Å². The molecular formula is C23H25ClN4O2. The molecule has 30 heavy (non-hydrogen) atoms. The zero-order valence-corrected chi connectivity index (χ0v) is 18.0. The van der Waals surface area contributed by atoms with Gasteiger partial charge in [-0.15, -0.1) is 10.2 Å². The van der Waals surface area contributed by atoms with Crippen molar-refractivity contribution in [2.75, 3.05) is 11.9 Å². The van der Waals surface area contributed by atoms with Crippen LogP contribution in [0.5, 0.6) is 5.75 Å². The smallest absolute Gasteiger partial charge is 0.262 e. The quantitative estimate of drug-likeness (QED) is 0.628. The maximum absolute atomic E-state index is 12.5. The number of nitrogens with zero attached hydrogens (tertiary/aromatic N) is 3. The predicted octanol–water partition coefficient (Wildman–Crippen LogP) is 4.96. The molecule has 0 spiro atoms. The molecule has 1 aliphatic rings. The Balaban J connectivity index is 1.45. The van der Waals surface area contributed by atoms with E-state index in [1.165, 1.54) is 6.42 Å². The lowest BCUT2D eigenvalue weighted by atomic mass is 10.1. The van der Waals surface area contributed by atoms with E-state index >= 15 is 0 Å². The number of fused-ring (bicyclic) bond motifs is 1. The van der Waals surface area contributed by atoms with E-state index in [1.54, 1.807) is 0 Å². The van der Waals surface area contributed by atoms with Crippen molar-refractivity contribution in [3.8, 4) is 17.1 Å². The molecule has 0 unspecified atom stereocenters. The van der Waals surface area contributed by atoms with Gasteiger partial charge < -0.3 is 14.6 Å². The van der Waals surface area contributed by atoms with Gasteiger partial charge in [-0.2, -0.15) is 0 Å². The van der Waals surface area contributed by atoms with Crippen molar-refractivity contribution in [1.82, 2.24) is 14.8 Å². The maximum atomic E-state index is 12.5. The fraction of sp³-hybridized carbons (Fsp3) is 0.348. The molecule has 0 atom stereocenters. The number of carbonyl (C=O) groups is 1. The molecule has 1 N–H and O–H groups in total. The highest BCUT2D eigenvalue weighted by atomic mass is 35.5. The van der Waals surface area contributed by atoms with E-state index < -0.39 is 0 Å². The maximum Gasteiger partial charge on any atom is 0.262 e. The van der Waals surface area contributed by atoms with Gasteiger partial charge >= 0.3 is 0 Å². The minimum Gasteiger partial charge on any atom is -0.483 e. The van der Waals surface area contributed by atoms with Crippen LogP contribution in [0.15, 0.2) is 36.4 Å². The predicted molar refractivity (Wildman–Crippen MR) is 118 cm³/mol. The van der Waals surface area contributed by atoms with E-state index in [-0.39, 0.29) is 12.5 Å². The van der Waals surface area contributed by atoms with E-state index in [0.717, 1.165) is 54.1 Å². The van der Waals surface area contributed by atoms with Gasteiger partial charge in [-0.1, -0.05) is 30.2 Å². The summed E-state index contributed by atoms with van der Waals surface area (Å²) < 4.78 is 7.95. The zero-order valence-electron chi connectivity index (χ0n) is 17.2. The minimum atomic E-state index is -0.221. The minimum absolute atomic E-state index is 0.0755. The molecule has 2 heterocycles. The summed E-state index contributed by atoms with van der Waals surface area (Å²) in [7, 11) is 0. The summed E-state index contributed by atoms with van der Waals surface area (Å²) in [6, 6.07) is 11.4. The Morgan fingerprint density at radius 1 is 1.13 bits per heavy atom. The van der Waals surface area contributed by atoms with Gasteiger partial charge in [0.2, 0.25) is 0 Å². The number of aryl methyl sites for hydroxylation is 3. The molecule has 1 aliphatic heterocycles. The number of hydrogen-bond donors (Lipinski definition) is 1. The third kappa shape index (κ3) is 4.49. The van der Waals surface area contributed by atoms with E-state index in [1.807, 2.05) is 50.2 Å². The van der Waals surface area contributed by atoms with Gasteiger partial charge in [-0.3, -0.25) is 4.79 Å². The fourth-order valence-corrected chi connectivity index (χ4v) is 4.22. The molecule has 6 nitrogen and oxygen atoms in total. The van der Waals surface area contributed by atoms with Crippen molar-refractivity contribution in [1.29, 1.82) is 0 Å². The summed E-state index contributed by atoms with van der Waals surface area (Å²) in [5, 5.41) is 12.3. The van der Waals surface area contributed by atoms with E-state index in [9.17, 15) is 4.79 Å². The number of hydrogen-bond acceptors (Lipinski definition) is 4. The first-order valence-corrected chi connectivity index (χ1v) is 10.6. The summed E-state index contributed by atoms with van der Waals surface area (Å²) in [6.45, 7) is 4.68. The summed E-state index contributed by atoms with van der Waals surface area (Å²) in [6.07, 6.45) is 4.46. The molecule has 0 saturated carbocycles. The summed E-state index contributed by atoms with van der Waals surface area (Å²) in [5.41, 5.74) is 3.46. The second-order valence-corrected chi connectivity index (χ2v) is 8.12. The third-order valence-electron chi connectivity index (χ3n) is 5.29. The number of halogens is 1. The van der Waals surface area contributed by atoms with Crippen molar-refractivity contribution in [3.05, 3.63) is 58.4 Å². The van der Waals surface area contributed by atoms with Gasteiger partial charge in [0.1, 0.15) is 11.6 Å². The van der Waals surface area contributed by atoms with Crippen LogP contribution in [-0.4, -0.2) is 27.3 Å². The third-order valence-corrected chi connectivity index (χ3v) is 5.50. The molecule has 0 radical (unpaired) electrons. The number of aromatic nitrogens is 3. The van der Waals surface area contributed by atoms with Crippen LogP contribution in [0.3, 0.4) is 0 Å². The second-order valence-electron chi connectivity index (χ2n) is 7.69. The fourth-order valence-electron chi connectivity index (χ4n) is 3.89. The Hall–Kier alpha value is -2.86. The molecule has 4 rings (SSSR count). The Kier molecular flexibility index (Phi) is 6.04. The second kappa shape index (κ2) is 8.88. The zero-order chi connectivity index (χ0) is 21.1. The van der Waals surface area contributed by atoms with Crippen molar-refractivity contribution in [3.63, 3.8) is 0 Å². The van der Waals surface area contributed by atoms with Crippen LogP contribution in [0.4, 0.5) is 5.69 Å². The highest BCUT2D eigenvalue weighted by molar-refractivity contribution is 6.30. The number of amides is 1. The van der Waals surface area contributed by atoms with Crippen LogP contribution >= 0.6 is 11.6 Å². The van der Waals surface area contributed by atoms with Crippen molar-refractivity contribution in [2.45, 2.75) is 46.1 Å². The Morgan fingerprint density at radius 2 is 1.93 bits per heavy atom. The first kappa shape index (κ1) is 20.4. The molecule has 0 bridgehead atoms. The highest BCUT2D eigenvalue weighted by Gasteiger charge is 2.16. The van der Waals surface area contributed by atoms with Gasteiger partial charge in [-0.05, 0) is 62.1 Å². The molecule has 2 aromatic carbocycles. The molecule has 7 heteroatoms. The van der Waals surface area contributed by atoms with Crippen LogP contribution in [0.25, 0.3) is 11.4 Å². The van der Waals surface area contributed by atoms with E-state index in [2.05, 4.69) is 20.1 Å². The lowest BCUT2D eigenvalue weighted by Gasteiger charge is -2.13. The van der Waals surface area contributed by atoms with Crippen molar-refractivity contribution in [2.24, 2.45) is 0 Å². The largest absolute Gasteiger partial charge is 0.483 e. The number of benzene rings is 2. The van der Waals surface area contributed by atoms with Crippen molar-refractivity contribution < 1.29 is 9.53 Å². The van der Waals surface area contributed by atoms with E-state index in [4.69, 9.17) is 16.3 Å². The number of anilines is 1.